The molecular weight excluding hydrogens is 440 g/mol. The molecule has 5 rings (SSSR count). The highest BCUT2D eigenvalue weighted by molar-refractivity contribution is 7.71. The molecule has 2 aromatic heterocycles. The van der Waals surface area contributed by atoms with Gasteiger partial charge in [-0.1, -0.05) is 18.2 Å². The van der Waals surface area contributed by atoms with Crippen LogP contribution in [-0.4, -0.2) is 49.4 Å². The fraction of sp³-hybridized carbons (Fsp3) is 0.333. The molecule has 1 saturated heterocycles. The number of quaternary nitrogens is 1. The molecule has 0 saturated carbocycles. The lowest BCUT2D eigenvalue weighted by atomic mass is 10.2. The molecule has 166 valence electrons. The van der Waals surface area contributed by atoms with Gasteiger partial charge in [0.2, 0.25) is 0 Å². The van der Waals surface area contributed by atoms with Crippen LogP contribution < -0.4 is 20.1 Å². The van der Waals surface area contributed by atoms with E-state index in [1.165, 1.54) is 5.69 Å². The highest BCUT2D eigenvalue weighted by Gasteiger charge is 2.20. The molecule has 4 aromatic rings. The minimum absolute atomic E-state index is 0.0317. The monoisotopic (exact) mass is 467 g/mol. The van der Waals surface area contributed by atoms with Crippen LogP contribution in [0.5, 0.6) is 5.75 Å². The quantitative estimate of drug-likeness (QED) is 0.428. The van der Waals surface area contributed by atoms with Gasteiger partial charge in [0.05, 0.1) is 45.4 Å². The second-order valence-electron chi connectivity index (χ2n) is 8.23. The van der Waals surface area contributed by atoms with Gasteiger partial charge < -0.3 is 19.5 Å². The van der Waals surface area contributed by atoms with Crippen LogP contribution in [-0.2, 0) is 6.54 Å². The number of methoxy groups -OCH3 is 1. The van der Waals surface area contributed by atoms with Crippen molar-refractivity contribution in [3.63, 3.8) is 0 Å². The SMILES string of the molecule is COc1ccc(N2CC[NH+](CCCn3c(=S)[nH]c4c(sc5ccccc54)c3=O)CC2)cc1. The molecule has 1 aliphatic rings. The zero-order valence-electron chi connectivity index (χ0n) is 18.1. The summed E-state index contributed by atoms with van der Waals surface area (Å²) in [5, 5.41) is 1.07. The van der Waals surface area contributed by atoms with E-state index < -0.39 is 0 Å². The minimum Gasteiger partial charge on any atom is -0.497 e. The van der Waals surface area contributed by atoms with Crippen molar-refractivity contribution < 1.29 is 9.64 Å². The predicted octanol–water partition coefficient (Wildman–Crippen LogP) is 3.08. The van der Waals surface area contributed by atoms with Crippen molar-refractivity contribution in [2.45, 2.75) is 13.0 Å². The van der Waals surface area contributed by atoms with E-state index in [4.69, 9.17) is 17.0 Å². The van der Waals surface area contributed by atoms with Gasteiger partial charge in [-0.05, 0) is 42.5 Å². The Morgan fingerprint density at radius 3 is 2.62 bits per heavy atom. The Balaban J connectivity index is 1.21. The lowest BCUT2D eigenvalue weighted by Crippen LogP contribution is -3.14. The molecule has 2 aromatic carbocycles. The summed E-state index contributed by atoms with van der Waals surface area (Å²) in [6.45, 7) is 5.98. The lowest BCUT2D eigenvalue weighted by molar-refractivity contribution is -0.900. The molecule has 2 N–H and O–H groups in total. The molecule has 8 heteroatoms. The number of rotatable bonds is 6. The molecule has 1 aliphatic heterocycles. The summed E-state index contributed by atoms with van der Waals surface area (Å²) in [6.07, 6.45) is 0.936. The van der Waals surface area contributed by atoms with Crippen LogP contribution in [0.4, 0.5) is 5.69 Å². The Bertz CT molecular complexity index is 1350. The molecule has 0 radical (unpaired) electrons. The Kier molecular flexibility index (Phi) is 5.99. The van der Waals surface area contributed by atoms with Gasteiger partial charge in [-0.25, -0.2) is 0 Å². The number of aromatic amines is 1. The molecule has 32 heavy (non-hydrogen) atoms. The number of benzene rings is 2. The lowest BCUT2D eigenvalue weighted by Gasteiger charge is -2.33. The van der Waals surface area contributed by atoms with Crippen LogP contribution in [0, 0.1) is 4.77 Å². The Labute approximate surface area is 195 Å². The first-order valence-corrected chi connectivity index (χ1v) is 12.2. The standard InChI is InChI=1S/C24H26N4O2S2/c1-30-18-9-7-17(8-10-18)27-15-13-26(14-16-27)11-4-12-28-23(29)22-21(25-24(28)31)19-5-2-3-6-20(19)32-22/h2-3,5-10H,4,11-16H2,1H3,(H,25,31)/p+1. The van der Waals surface area contributed by atoms with Crippen LogP contribution in [0.25, 0.3) is 20.3 Å². The van der Waals surface area contributed by atoms with Crippen molar-refractivity contribution in [2.75, 3.05) is 44.7 Å². The van der Waals surface area contributed by atoms with E-state index in [9.17, 15) is 4.79 Å². The van der Waals surface area contributed by atoms with E-state index in [-0.39, 0.29) is 5.56 Å². The van der Waals surface area contributed by atoms with Gasteiger partial charge in [0.1, 0.15) is 10.4 Å². The number of fused-ring (bicyclic) bond motifs is 3. The summed E-state index contributed by atoms with van der Waals surface area (Å²) >= 11 is 7.09. The summed E-state index contributed by atoms with van der Waals surface area (Å²) in [5.74, 6) is 0.889. The number of hydrogen-bond acceptors (Lipinski definition) is 5. The molecule has 0 spiro atoms. The first-order chi connectivity index (χ1) is 15.6. The fourth-order valence-corrected chi connectivity index (χ4v) is 5.91. The van der Waals surface area contributed by atoms with Gasteiger partial charge in [0, 0.05) is 28.7 Å². The molecule has 6 nitrogen and oxygen atoms in total. The maximum Gasteiger partial charge on any atom is 0.272 e. The number of thiophene rings is 1. The minimum atomic E-state index is 0.0317. The van der Waals surface area contributed by atoms with E-state index in [0.29, 0.717) is 11.3 Å². The van der Waals surface area contributed by atoms with Crippen molar-refractivity contribution >= 4 is 49.5 Å². The number of ether oxygens (including phenoxy) is 1. The van der Waals surface area contributed by atoms with Crippen molar-refractivity contribution in [3.05, 3.63) is 63.7 Å². The smallest absolute Gasteiger partial charge is 0.272 e. The summed E-state index contributed by atoms with van der Waals surface area (Å²) in [5.41, 5.74) is 2.15. The maximum absolute atomic E-state index is 13.1. The fourth-order valence-electron chi connectivity index (χ4n) is 4.52. The normalized spacial score (nSPS) is 15.0. The summed E-state index contributed by atoms with van der Waals surface area (Å²) < 4.78 is 9.39. The van der Waals surface area contributed by atoms with Crippen LogP contribution in [0.3, 0.4) is 0 Å². The third-order valence-corrected chi connectivity index (χ3v) is 7.81. The zero-order valence-corrected chi connectivity index (χ0v) is 19.7. The molecule has 0 aliphatic carbocycles. The maximum atomic E-state index is 13.1. The van der Waals surface area contributed by atoms with Crippen LogP contribution >= 0.6 is 23.6 Å². The number of nitrogens with one attached hydrogen (secondary N) is 2. The van der Waals surface area contributed by atoms with Crippen molar-refractivity contribution in [2.24, 2.45) is 0 Å². The van der Waals surface area contributed by atoms with Crippen molar-refractivity contribution in [1.82, 2.24) is 9.55 Å². The number of H-pyrrole nitrogens is 1. The van der Waals surface area contributed by atoms with Crippen LogP contribution in [0.1, 0.15) is 6.42 Å². The topological polar surface area (TPSA) is 54.7 Å². The number of hydrogen-bond donors (Lipinski definition) is 2. The molecule has 0 unspecified atom stereocenters. The average molecular weight is 468 g/mol. The second kappa shape index (κ2) is 9.05. The van der Waals surface area contributed by atoms with Crippen molar-refractivity contribution in [3.8, 4) is 5.75 Å². The first kappa shape index (κ1) is 21.2. The first-order valence-electron chi connectivity index (χ1n) is 11.0. The van der Waals surface area contributed by atoms with Gasteiger partial charge in [0.25, 0.3) is 5.56 Å². The van der Waals surface area contributed by atoms with Crippen LogP contribution in [0.2, 0.25) is 0 Å². The van der Waals surface area contributed by atoms with E-state index >= 15 is 0 Å². The average Bonchev–Trinajstić information content (AvgIpc) is 3.20. The van der Waals surface area contributed by atoms with Gasteiger partial charge in [-0.15, -0.1) is 11.3 Å². The van der Waals surface area contributed by atoms with Gasteiger partial charge in [0.15, 0.2) is 4.77 Å². The van der Waals surface area contributed by atoms with Crippen LogP contribution in [0.15, 0.2) is 53.3 Å². The van der Waals surface area contributed by atoms with Crippen molar-refractivity contribution in [1.29, 1.82) is 0 Å². The second-order valence-corrected chi connectivity index (χ2v) is 9.67. The zero-order chi connectivity index (χ0) is 22.1. The van der Waals surface area contributed by atoms with E-state index in [1.54, 1.807) is 27.9 Å². The van der Waals surface area contributed by atoms with Gasteiger partial charge in [-0.3, -0.25) is 9.36 Å². The molecule has 3 heterocycles. The van der Waals surface area contributed by atoms with Gasteiger partial charge >= 0.3 is 0 Å². The summed E-state index contributed by atoms with van der Waals surface area (Å²) in [7, 11) is 1.69. The largest absolute Gasteiger partial charge is 0.497 e. The third kappa shape index (κ3) is 4.05. The summed E-state index contributed by atoms with van der Waals surface area (Å²) in [6, 6.07) is 16.4. The Morgan fingerprint density at radius 1 is 1.12 bits per heavy atom. The Morgan fingerprint density at radius 2 is 1.88 bits per heavy atom. The number of piperazine rings is 1. The molecule has 1 fully saturated rings. The summed E-state index contributed by atoms with van der Waals surface area (Å²) in [4.78, 5) is 20.4. The van der Waals surface area contributed by atoms with Gasteiger partial charge in [-0.2, -0.15) is 0 Å². The molecule has 0 atom stereocenters. The Hall–Kier alpha value is -2.68. The molecular formula is C24H27N4O2S2+. The number of nitrogens with zero attached hydrogens (tertiary/aromatic N) is 2. The number of anilines is 1. The molecule has 0 amide bonds. The van der Waals surface area contributed by atoms with E-state index in [0.717, 1.165) is 65.2 Å². The number of aromatic nitrogens is 2. The van der Waals surface area contributed by atoms with E-state index in [1.807, 2.05) is 30.3 Å². The van der Waals surface area contributed by atoms with E-state index in [2.05, 4.69) is 28.1 Å². The molecule has 0 bridgehead atoms. The predicted molar refractivity (Wildman–Crippen MR) is 134 cm³/mol. The highest BCUT2D eigenvalue weighted by atomic mass is 32.1. The third-order valence-electron chi connectivity index (χ3n) is 6.33. The highest BCUT2D eigenvalue weighted by Crippen LogP contribution is 2.29.